The Bertz CT molecular complexity index is 629. The van der Waals surface area contributed by atoms with Crippen LogP contribution in [-0.4, -0.2) is 61.6 Å². The van der Waals surface area contributed by atoms with E-state index in [4.69, 9.17) is 4.74 Å². The van der Waals surface area contributed by atoms with Crippen molar-refractivity contribution >= 4 is 12.0 Å². The number of piperidine rings is 1. The summed E-state index contributed by atoms with van der Waals surface area (Å²) in [7, 11) is 0. The molecule has 0 radical (unpaired) electrons. The van der Waals surface area contributed by atoms with Crippen LogP contribution in [0.1, 0.15) is 31.2 Å². The van der Waals surface area contributed by atoms with Crippen molar-refractivity contribution in [2.24, 2.45) is 11.3 Å². The fourth-order valence-corrected chi connectivity index (χ4v) is 4.67. The Morgan fingerprint density at radius 1 is 1.19 bits per heavy atom. The van der Waals surface area contributed by atoms with E-state index < -0.39 is 0 Å². The molecule has 3 aliphatic heterocycles. The van der Waals surface area contributed by atoms with Gasteiger partial charge in [-0.15, -0.1) is 0 Å². The summed E-state index contributed by atoms with van der Waals surface area (Å²) in [5, 5.41) is 0. The SMILES string of the molecule is O=C1CC2(CCN(CC3CCOC3)CC2)CN1C/C=C/c1ccccc1. The zero-order valence-corrected chi connectivity index (χ0v) is 15.6. The van der Waals surface area contributed by atoms with Crippen LogP contribution in [0.2, 0.25) is 0 Å². The van der Waals surface area contributed by atoms with Crippen molar-refractivity contribution < 1.29 is 9.53 Å². The third-order valence-electron chi connectivity index (χ3n) is 6.30. The fraction of sp³-hybridized carbons (Fsp3) is 0.591. The molecule has 0 aliphatic carbocycles. The van der Waals surface area contributed by atoms with E-state index in [0.29, 0.717) is 11.8 Å². The Hall–Kier alpha value is -1.65. The Kier molecular flexibility index (Phi) is 5.41. The first-order chi connectivity index (χ1) is 12.7. The maximum absolute atomic E-state index is 12.5. The van der Waals surface area contributed by atoms with Gasteiger partial charge in [0.1, 0.15) is 0 Å². The van der Waals surface area contributed by atoms with Crippen LogP contribution >= 0.6 is 0 Å². The normalized spacial score (nSPS) is 26.4. The molecule has 1 atom stereocenters. The molecule has 1 unspecified atom stereocenters. The van der Waals surface area contributed by atoms with Crippen LogP contribution in [0, 0.1) is 11.3 Å². The van der Waals surface area contributed by atoms with Crippen LogP contribution < -0.4 is 0 Å². The van der Waals surface area contributed by atoms with Gasteiger partial charge in [-0.1, -0.05) is 42.5 Å². The van der Waals surface area contributed by atoms with Crippen molar-refractivity contribution in [1.29, 1.82) is 0 Å². The number of likely N-dealkylation sites (tertiary alicyclic amines) is 2. The first-order valence-corrected chi connectivity index (χ1v) is 10.0. The van der Waals surface area contributed by atoms with E-state index in [1.54, 1.807) is 0 Å². The summed E-state index contributed by atoms with van der Waals surface area (Å²) in [5.41, 5.74) is 1.42. The average Bonchev–Trinajstić information content (AvgIpc) is 3.27. The number of rotatable bonds is 5. The predicted molar refractivity (Wildman–Crippen MR) is 104 cm³/mol. The molecular formula is C22H30N2O2. The number of hydrogen-bond acceptors (Lipinski definition) is 3. The molecule has 4 rings (SSSR count). The monoisotopic (exact) mass is 354 g/mol. The highest BCUT2D eigenvalue weighted by atomic mass is 16.5. The zero-order chi connectivity index (χ0) is 17.8. The van der Waals surface area contributed by atoms with Gasteiger partial charge in [-0.3, -0.25) is 4.79 Å². The van der Waals surface area contributed by atoms with Crippen molar-refractivity contribution in [3.63, 3.8) is 0 Å². The predicted octanol–water partition coefficient (Wildman–Crippen LogP) is 3.05. The highest BCUT2D eigenvalue weighted by Crippen LogP contribution is 2.41. The van der Waals surface area contributed by atoms with E-state index >= 15 is 0 Å². The third kappa shape index (κ3) is 4.18. The maximum Gasteiger partial charge on any atom is 0.223 e. The summed E-state index contributed by atoms with van der Waals surface area (Å²) in [4.78, 5) is 17.2. The molecule has 1 amide bonds. The highest BCUT2D eigenvalue weighted by Gasteiger charge is 2.44. The zero-order valence-electron chi connectivity index (χ0n) is 15.6. The summed E-state index contributed by atoms with van der Waals surface area (Å²) in [6.07, 6.45) is 8.51. The minimum Gasteiger partial charge on any atom is -0.381 e. The largest absolute Gasteiger partial charge is 0.381 e. The fourth-order valence-electron chi connectivity index (χ4n) is 4.67. The average molecular weight is 354 g/mol. The van der Waals surface area contributed by atoms with E-state index in [9.17, 15) is 4.79 Å². The Morgan fingerprint density at radius 2 is 2.00 bits per heavy atom. The van der Waals surface area contributed by atoms with E-state index in [-0.39, 0.29) is 5.41 Å². The second kappa shape index (κ2) is 7.93. The van der Waals surface area contributed by atoms with Crippen LogP contribution in [-0.2, 0) is 9.53 Å². The first kappa shape index (κ1) is 17.7. The lowest BCUT2D eigenvalue weighted by atomic mass is 9.77. The molecule has 3 heterocycles. The number of carbonyl (C=O) groups is 1. The van der Waals surface area contributed by atoms with Gasteiger partial charge in [0.05, 0.1) is 6.61 Å². The van der Waals surface area contributed by atoms with E-state index in [0.717, 1.165) is 58.7 Å². The van der Waals surface area contributed by atoms with Gasteiger partial charge in [0.2, 0.25) is 5.91 Å². The Labute approximate surface area is 156 Å². The molecule has 0 saturated carbocycles. The summed E-state index contributed by atoms with van der Waals surface area (Å²) >= 11 is 0. The van der Waals surface area contributed by atoms with E-state index in [1.165, 1.54) is 18.5 Å². The molecule has 0 aromatic heterocycles. The summed E-state index contributed by atoms with van der Waals surface area (Å²) in [6.45, 7) is 6.98. The van der Waals surface area contributed by atoms with Gasteiger partial charge in [-0.25, -0.2) is 0 Å². The Morgan fingerprint density at radius 3 is 2.73 bits per heavy atom. The summed E-state index contributed by atoms with van der Waals surface area (Å²) < 4.78 is 5.51. The second-order valence-electron chi connectivity index (χ2n) is 8.29. The standard InChI is InChI=1S/C22H30N2O2/c25-21-15-22(9-12-23(13-10-22)16-20-8-14-26-17-20)18-24(21)11-4-7-19-5-2-1-3-6-19/h1-7,20H,8-18H2/b7-4+. The minimum absolute atomic E-state index is 0.223. The van der Waals surface area contributed by atoms with Crippen molar-refractivity contribution in [2.75, 3.05) is 45.9 Å². The molecular weight excluding hydrogens is 324 g/mol. The van der Waals surface area contributed by atoms with Crippen LogP contribution in [0.4, 0.5) is 0 Å². The number of benzene rings is 1. The van der Waals surface area contributed by atoms with Crippen molar-refractivity contribution in [3.8, 4) is 0 Å². The molecule has 1 spiro atoms. The van der Waals surface area contributed by atoms with Crippen LogP contribution in [0.5, 0.6) is 0 Å². The minimum atomic E-state index is 0.223. The molecule has 3 fully saturated rings. The summed E-state index contributed by atoms with van der Waals surface area (Å²) in [6, 6.07) is 10.3. The first-order valence-electron chi connectivity index (χ1n) is 10.0. The van der Waals surface area contributed by atoms with E-state index in [1.807, 2.05) is 18.2 Å². The number of amides is 1. The third-order valence-corrected chi connectivity index (χ3v) is 6.30. The quantitative estimate of drug-likeness (QED) is 0.815. The molecule has 140 valence electrons. The lowest BCUT2D eigenvalue weighted by Crippen LogP contribution is -2.43. The molecule has 4 nitrogen and oxygen atoms in total. The van der Waals surface area contributed by atoms with Crippen molar-refractivity contribution in [2.45, 2.75) is 25.7 Å². The van der Waals surface area contributed by atoms with Gasteiger partial charge >= 0.3 is 0 Å². The number of ether oxygens (including phenoxy) is 1. The van der Waals surface area contributed by atoms with Crippen LogP contribution in [0.3, 0.4) is 0 Å². The van der Waals surface area contributed by atoms with Gasteiger partial charge in [-0.2, -0.15) is 0 Å². The van der Waals surface area contributed by atoms with Gasteiger partial charge in [0.25, 0.3) is 0 Å². The van der Waals surface area contributed by atoms with Crippen molar-refractivity contribution in [1.82, 2.24) is 9.80 Å². The number of nitrogens with zero attached hydrogens (tertiary/aromatic N) is 2. The van der Waals surface area contributed by atoms with Gasteiger partial charge in [0.15, 0.2) is 0 Å². The molecule has 1 aromatic rings. The summed E-state index contributed by atoms with van der Waals surface area (Å²) in [5.74, 6) is 1.05. The van der Waals surface area contributed by atoms with Gasteiger partial charge < -0.3 is 14.5 Å². The molecule has 3 saturated heterocycles. The molecule has 26 heavy (non-hydrogen) atoms. The second-order valence-corrected chi connectivity index (χ2v) is 8.29. The van der Waals surface area contributed by atoms with Crippen molar-refractivity contribution in [3.05, 3.63) is 42.0 Å². The van der Waals surface area contributed by atoms with E-state index in [2.05, 4.69) is 34.1 Å². The van der Waals surface area contributed by atoms with Gasteiger partial charge in [-0.05, 0) is 49.2 Å². The molecule has 0 bridgehead atoms. The molecule has 1 aromatic carbocycles. The molecule has 0 N–H and O–H groups in total. The van der Waals surface area contributed by atoms with Crippen LogP contribution in [0.25, 0.3) is 6.08 Å². The lowest BCUT2D eigenvalue weighted by molar-refractivity contribution is -0.127. The smallest absolute Gasteiger partial charge is 0.223 e. The lowest BCUT2D eigenvalue weighted by Gasteiger charge is -2.39. The number of hydrogen-bond donors (Lipinski definition) is 0. The Balaban J connectivity index is 1.27. The highest BCUT2D eigenvalue weighted by molar-refractivity contribution is 5.79. The van der Waals surface area contributed by atoms with Crippen LogP contribution in [0.15, 0.2) is 36.4 Å². The molecule has 4 heteroatoms. The number of carbonyl (C=O) groups excluding carboxylic acids is 1. The molecule has 3 aliphatic rings. The maximum atomic E-state index is 12.5. The topological polar surface area (TPSA) is 32.8 Å². The van der Waals surface area contributed by atoms with Gasteiger partial charge in [0, 0.05) is 32.7 Å².